The molecule has 0 amide bonds. The Labute approximate surface area is 130 Å². The van der Waals surface area contributed by atoms with E-state index in [1.54, 1.807) is 11.8 Å². The van der Waals surface area contributed by atoms with E-state index in [0.29, 0.717) is 11.4 Å². The van der Waals surface area contributed by atoms with Gasteiger partial charge in [-0.3, -0.25) is 4.79 Å². The number of carboxylic acids is 1. The molecule has 0 saturated heterocycles. The summed E-state index contributed by atoms with van der Waals surface area (Å²) in [6, 6.07) is 7.87. The molecule has 1 aromatic carbocycles. The van der Waals surface area contributed by atoms with E-state index in [1.807, 2.05) is 52.0 Å². The molecule has 0 bridgehead atoms. The van der Waals surface area contributed by atoms with Crippen molar-refractivity contribution in [1.29, 1.82) is 0 Å². The Hall–Kier alpha value is -2.30. The number of aromatic nitrogens is 2. The van der Waals surface area contributed by atoms with Crippen molar-refractivity contribution in [3.8, 4) is 11.6 Å². The van der Waals surface area contributed by atoms with Crippen LogP contribution in [-0.2, 0) is 16.6 Å². The van der Waals surface area contributed by atoms with Gasteiger partial charge in [-0.25, -0.2) is 4.68 Å². The highest BCUT2D eigenvalue weighted by Crippen LogP contribution is 2.33. The van der Waals surface area contributed by atoms with Gasteiger partial charge in [-0.05, 0) is 19.1 Å². The van der Waals surface area contributed by atoms with Crippen LogP contribution in [0.1, 0.15) is 37.6 Å². The highest BCUT2D eigenvalue weighted by atomic mass is 16.5. The molecule has 5 heteroatoms. The number of ether oxygens (including phenoxy) is 1. The first-order valence-corrected chi connectivity index (χ1v) is 7.19. The molecule has 1 N–H and O–H groups in total. The van der Waals surface area contributed by atoms with Crippen molar-refractivity contribution in [2.45, 2.75) is 39.5 Å². The summed E-state index contributed by atoms with van der Waals surface area (Å²) in [5.41, 5.74) is 3.10. The van der Waals surface area contributed by atoms with Crippen molar-refractivity contribution in [2.75, 3.05) is 7.11 Å². The summed E-state index contributed by atoms with van der Waals surface area (Å²) in [6.45, 7) is 8.05. The molecule has 0 spiro atoms. The molecule has 0 aliphatic rings. The van der Waals surface area contributed by atoms with Crippen LogP contribution in [0.25, 0.3) is 5.69 Å². The lowest BCUT2D eigenvalue weighted by atomic mass is 9.88. The Bertz CT molecular complexity index is 679. The molecular formula is C17H22N2O3. The number of rotatable bonds is 4. The van der Waals surface area contributed by atoms with E-state index in [0.717, 1.165) is 16.9 Å². The van der Waals surface area contributed by atoms with E-state index in [9.17, 15) is 9.90 Å². The fourth-order valence-electron chi connectivity index (χ4n) is 2.42. The van der Waals surface area contributed by atoms with Crippen LogP contribution < -0.4 is 4.74 Å². The third kappa shape index (κ3) is 3.13. The van der Waals surface area contributed by atoms with Crippen molar-refractivity contribution in [1.82, 2.24) is 9.78 Å². The highest BCUT2D eigenvalue weighted by molar-refractivity contribution is 5.72. The van der Waals surface area contributed by atoms with E-state index >= 15 is 0 Å². The lowest BCUT2D eigenvalue weighted by Gasteiger charge is -2.16. The molecule has 1 heterocycles. The van der Waals surface area contributed by atoms with E-state index in [1.165, 1.54) is 0 Å². The average Bonchev–Trinajstić information content (AvgIpc) is 2.77. The van der Waals surface area contributed by atoms with Gasteiger partial charge in [0.1, 0.15) is 0 Å². The van der Waals surface area contributed by atoms with Gasteiger partial charge in [0.25, 0.3) is 0 Å². The number of benzene rings is 1. The third-order valence-corrected chi connectivity index (χ3v) is 3.45. The smallest absolute Gasteiger partial charge is 0.308 e. The molecule has 0 saturated carbocycles. The number of methoxy groups -OCH3 is 1. The number of hydrogen-bond acceptors (Lipinski definition) is 3. The largest absolute Gasteiger partial charge is 0.481 e. The molecule has 0 radical (unpaired) electrons. The first kappa shape index (κ1) is 16.1. The number of hydrogen-bond donors (Lipinski definition) is 1. The van der Waals surface area contributed by atoms with Crippen LogP contribution in [0.15, 0.2) is 24.3 Å². The second-order valence-electron chi connectivity index (χ2n) is 6.40. The summed E-state index contributed by atoms with van der Waals surface area (Å²) in [7, 11) is 1.54. The van der Waals surface area contributed by atoms with E-state index < -0.39 is 5.97 Å². The zero-order chi connectivity index (χ0) is 16.5. The van der Waals surface area contributed by atoms with Gasteiger partial charge < -0.3 is 9.84 Å². The summed E-state index contributed by atoms with van der Waals surface area (Å²) in [5, 5.41) is 13.8. The lowest BCUT2D eigenvalue weighted by Crippen LogP contribution is -2.16. The molecule has 2 rings (SSSR count). The topological polar surface area (TPSA) is 64.3 Å². The van der Waals surface area contributed by atoms with E-state index in [4.69, 9.17) is 4.74 Å². The van der Waals surface area contributed by atoms with Crippen LogP contribution in [0.5, 0.6) is 5.88 Å². The molecule has 118 valence electrons. The number of nitrogens with zero attached hydrogens (tertiary/aromatic N) is 2. The minimum atomic E-state index is -0.896. The Morgan fingerprint density at radius 1 is 1.27 bits per heavy atom. The van der Waals surface area contributed by atoms with Gasteiger partial charge in [-0.2, -0.15) is 5.10 Å². The Balaban J connectivity index is 2.66. The summed E-state index contributed by atoms with van der Waals surface area (Å²) in [4.78, 5) is 11.2. The van der Waals surface area contributed by atoms with Crippen LogP contribution >= 0.6 is 0 Å². The third-order valence-electron chi connectivity index (χ3n) is 3.45. The van der Waals surface area contributed by atoms with Crippen molar-refractivity contribution in [3.63, 3.8) is 0 Å². The quantitative estimate of drug-likeness (QED) is 0.942. The minimum Gasteiger partial charge on any atom is -0.481 e. The molecule has 0 aliphatic heterocycles. The Morgan fingerprint density at radius 2 is 1.86 bits per heavy atom. The molecule has 0 aliphatic carbocycles. The summed E-state index contributed by atoms with van der Waals surface area (Å²) < 4.78 is 7.15. The van der Waals surface area contributed by atoms with Gasteiger partial charge in [-0.15, -0.1) is 0 Å². The standard InChI is InChI=1S/C17H22N2O3/c1-11-6-8-12(9-7-11)19-16(22-5)13(10-14(20)21)15(18-19)17(2,3)4/h6-9H,10H2,1-5H3,(H,20,21). The second-order valence-corrected chi connectivity index (χ2v) is 6.40. The molecule has 1 aromatic heterocycles. The fraction of sp³-hybridized carbons (Fsp3) is 0.412. The zero-order valence-electron chi connectivity index (χ0n) is 13.7. The number of carbonyl (C=O) groups is 1. The number of aliphatic carboxylic acids is 1. The predicted octanol–water partition coefficient (Wildman–Crippen LogP) is 3.11. The molecule has 0 atom stereocenters. The zero-order valence-corrected chi connectivity index (χ0v) is 13.7. The Morgan fingerprint density at radius 3 is 2.32 bits per heavy atom. The molecule has 5 nitrogen and oxygen atoms in total. The maximum absolute atomic E-state index is 11.2. The molecular weight excluding hydrogens is 280 g/mol. The maximum Gasteiger partial charge on any atom is 0.308 e. The van der Waals surface area contributed by atoms with Gasteiger partial charge in [0.15, 0.2) is 0 Å². The van der Waals surface area contributed by atoms with Crippen LogP contribution in [-0.4, -0.2) is 28.0 Å². The van der Waals surface area contributed by atoms with Gasteiger partial charge in [0, 0.05) is 11.0 Å². The molecule has 0 unspecified atom stereocenters. The van der Waals surface area contributed by atoms with E-state index in [-0.39, 0.29) is 11.8 Å². The van der Waals surface area contributed by atoms with Crippen molar-refractivity contribution in [3.05, 3.63) is 41.1 Å². The number of carboxylic acid groups (broad SMARTS) is 1. The minimum absolute atomic E-state index is 0.109. The van der Waals surface area contributed by atoms with Gasteiger partial charge >= 0.3 is 5.97 Å². The van der Waals surface area contributed by atoms with E-state index in [2.05, 4.69) is 5.10 Å². The fourth-order valence-corrected chi connectivity index (χ4v) is 2.42. The van der Waals surface area contributed by atoms with Crippen LogP contribution in [0, 0.1) is 6.92 Å². The van der Waals surface area contributed by atoms with Crippen LogP contribution in [0.4, 0.5) is 0 Å². The van der Waals surface area contributed by atoms with Gasteiger partial charge in [0.05, 0.1) is 24.9 Å². The first-order valence-electron chi connectivity index (χ1n) is 7.19. The van der Waals surface area contributed by atoms with Crippen LogP contribution in [0.3, 0.4) is 0 Å². The average molecular weight is 302 g/mol. The maximum atomic E-state index is 11.2. The number of aryl methyl sites for hydroxylation is 1. The normalized spacial score (nSPS) is 11.5. The van der Waals surface area contributed by atoms with Crippen LogP contribution in [0.2, 0.25) is 0 Å². The monoisotopic (exact) mass is 302 g/mol. The summed E-state index contributed by atoms with van der Waals surface area (Å²) in [6.07, 6.45) is -0.109. The molecule has 2 aromatic rings. The summed E-state index contributed by atoms with van der Waals surface area (Å²) >= 11 is 0. The SMILES string of the molecule is COc1c(CC(=O)O)c(C(C)(C)C)nn1-c1ccc(C)cc1. The lowest BCUT2D eigenvalue weighted by molar-refractivity contribution is -0.136. The molecule has 22 heavy (non-hydrogen) atoms. The Kier molecular flexibility index (Phi) is 4.26. The van der Waals surface area contributed by atoms with Gasteiger partial charge in [0.2, 0.25) is 5.88 Å². The first-order chi connectivity index (χ1) is 10.2. The predicted molar refractivity (Wildman–Crippen MR) is 84.9 cm³/mol. The highest BCUT2D eigenvalue weighted by Gasteiger charge is 2.29. The molecule has 0 fully saturated rings. The van der Waals surface area contributed by atoms with Crippen molar-refractivity contribution < 1.29 is 14.6 Å². The van der Waals surface area contributed by atoms with Crippen molar-refractivity contribution in [2.24, 2.45) is 0 Å². The van der Waals surface area contributed by atoms with Crippen molar-refractivity contribution >= 4 is 5.97 Å². The second kappa shape index (κ2) is 5.83. The van der Waals surface area contributed by atoms with Gasteiger partial charge in [-0.1, -0.05) is 38.5 Å². The summed E-state index contributed by atoms with van der Waals surface area (Å²) in [5.74, 6) is -0.413.